The maximum absolute atomic E-state index is 12.6. The van der Waals surface area contributed by atoms with Crippen LogP contribution in [0.1, 0.15) is 18.1 Å². The molecule has 2 heterocycles. The van der Waals surface area contributed by atoms with E-state index in [0.717, 1.165) is 0 Å². The largest absolute Gasteiger partial charge is 0.481 e. The highest BCUT2D eigenvalue weighted by Gasteiger charge is 2.28. The zero-order chi connectivity index (χ0) is 18.6. The Hall–Kier alpha value is -2.30. The molecular formula is C16H20N4O5S. The van der Waals surface area contributed by atoms with Gasteiger partial charge in [0.05, 0.1) is 17.9 Å². The summed E-state index contributed by atoms with van der Waals surface area (Å²) in [4.78, 5) is 17.1. The number of nitrogens with zero attached hydrogens (tertiary/aromatic N) is 4. The molecule has 1 N–H and O–H groups in total. The highest BCUT2D eigenvalue weighted by molar-refractivity contribution is 7.89. The van der Waals surface area contributed by atoms with Crippen LogP contribution >= 0.6 is 0 Å². The van der Waals surface area contributed by atoms with E-state index in [-0.39, 0.29) is 12.8 Å². The number of sulfonamides is 1. The normalized spacial score (nSPS) is 16.6. The summed E-state index contributed by atoms with van der Waals surface area (Å²) in [5, 5.41) is 12.5. The molecule has 0 unspecified atom stereocenters. The Kier molecular flexibility index (Phi) is 5.64. The third-order valence-corrected chi connectivity index (χ3v) is 6.05. The van der Waals surface area contributed by atoms with Crippen LogP contribution in [-0.4, -0.2) is 65.0 Å². The quantitative estimate of drug-likeness (QED) is 0.742. The summed E-state index contributed by atoms with van der Waals surface area (Å²) in [6.07, 6.45) is 0.142. The van der Waals surface area contributed by atoms with Gasteiger partial charge < -0.3 is 9.63 Å². The Labute approximate surface area is 151 Å². The number of benzene rings is 1. The Morgan fingerprint density at radius 3 is 2.50 bits per heavy atom. The molecule has 0 spiro atoms. The molecule has 0 radical (unpaired) electrons. The highest BCUT2D eigenvalue weighted by atomic mass is 32.2. The van der Waals surface area contributed by atoms with Crippen LogP contribution in [0.25, 0.3) is 0 Å². The summed E-state index contributed by atoms with van der Waals surface area (Å²) in [7, 11) is -3.47. The molecule has 0 atom stereocenters. The zero-order valence-electron chi connectivity index (χ0n) is 14.1. The number of piperazine rings is 1. The summed E-state index contributed by atoms with van der Waals surface area (Å²) in [6, 6.07) is 8.40. The van der Waals surface area contributed by atoms with Crippen molar-refractivity contribution in [1.82, 2.24) is 19.3 Å². The van der Waals surface area contributed by atoms with Crippen molar-refractivity contribution in [2.45, 2.75) is 24.3 Å². The fourth-order valence-corrected chi connectivity index (χ4v) is 4.18. The predicted octanol–water partition coefficient (Wildman–Crippen LogP) is 0.593. The smallest absolute Gasteiger partial charge is 0.303 e. The SMILES string of the molecule is O=C(O)CCc1nc(CN2CCN(S(=O)(=O)c3ccccc3)CC2)no1. The maximum atomic E-state index is 12.6. The van der Waals surface area contributed by atoms with E-state index in [0.29, 0.717) is 49.3 Å². The van der Waals surface area contributed by atoms with Gasteiger partial charge in [-0.25, -0.2) is 8.42 Å². The van der Waals surface area contributed by atoms with Crippen LogP contribution < -0.4 is 0 Å². The molecule has 1 aromatic heterocycles. The first kappa shape index (κ1) is 18.5. The zero-order valence-corrected chi connectivity index (χ0v) is 14.9. The third-order valence-electron chi connectivity index (χ3n) is 4.14. The van der Waals surface area contributed by atoms with Crippen molar-refractivity contribution >= 4 is 16.0 Å². The molecule has 26 heavy (non-hydrogen) atoms. The van der Waals surface area contributed by atoms with Gasteiger partial charge in [0.25, 0.3) is 0 Å². The molecule has 10 heteroatoms. The summed E-state index contributed by atoms with van der Waals surface area (Å²) in [6.45, 7) is 2.34. The van der Waals surface area contributed by atoms with Crippen LogP contribution in [0, 0.1) is 0 Å². The first-order chi connectivity index (χ1) is 12.4. The Morgan fingerprint density at radius 2 is 1.85 bits per heavy atom. The second-order valence-corrected chi connectivity index (χ2v) is 7.93. The minimum Gasteiger partial charge on any atom is -0.481 e. The van der Waals surface area contributed by atoms with Crippen LogP contribution in [0.15, 0.2) is 39.8 Å². The van der Waals surface area contributed by atoms with Crippen molar-refractivity contribution < 1.29 is 22.8 Å². The van der Waals surface area contributed by atoms with E-state index in [1.54, 1.807) is 30.3 Å². The van der Waals surface area contributed by atoms with Crippen LogP contribution in [0.2, 0.25) is 0 Å². The van der Waals surface area contributed by atoms with E-state index in [2.05, 4.69) is 10.1 Å². The van der Waals surface area contributed by atoms with Gasteiger partial charge >= 0.3 is 5.97 Å². The molecule has 1 aliphatic heterocycles. The number of rotatable bonds is 7. The minimum atomic E-state index is -3.47. The monoisotopic (exact) mass is 380 g/mol. The molecule has 1 saturated heterocycles. The molecule has 3 rings (SSSR count). The standard InChI is InChI=1S/C16H20N4O5S/c21-16(22)7-6-15-17-14(18-25-15)12-19-8-10-20(11-9-19)26(23,24)13-4-2-1-3-5-13/h1-5H,6-12H2,(H,21,22). The molecule has 2 aromatic rings. The van der Waals surface area contributed by atoms with Gasteiger partial charge in [0, 0.05) is 32.6 Å². The number of hydrogen-bond acceptors (Lipinski definition) is 7. The average Bonchev–Trinajstić information content (AvgIpc) is 3.08. The van der Waals surface area contributed by atoms with Crippen LogP contribution in [0.4, 0.5) is 0 Å². The van der Waals surface area contributed by atoms with Crippen molar-refractivity contribution in [2.24, 2.45) is 0 Å². The van der Waals surface area contributed by atoms with Crippen molar-refractivity contribution in [1.29, 1.82) is 0 Å². The molecule has 0 amide bonds. The van der Waals surface area contributed by atoms with Crippen molar-refractivity contribution in [2.75, 3.05) is 26.2 Å². The van der Waals surface area contributed by atoms with Gasteiger partial charge in [0.2, 0.25) is 15.9 Å². The summed E-state index contributed by atoms with van der Waals surface area (Å²) >= 11 is 0. The number of carbonyl (C=O) groups is 1. The number of aryl methyl sites for hydroxylation is 1. The van der Waals surface area contributed by atoms with Gasteiger partial charge in [0.1, 0.15) is 0 Å². The number of carboxylic acids is 1. The maximum Gasteiger partial charge on any atom is 0.303 e. The summed E-state index contributed by atoms with van der Waals surface area (Å²) < 4.78 is 31.7. The fraction of sp³-hybridized carbons (Fsp3) is 0.438. The minimum absolute atomic E-state index is 0.0579. The number of aromatic nitrogens is 2. The molecular weight excluding hydrogens is 360 g/mol. The lowest BCUT2D eigenvalue weighted by Gasteiger charge is -2.33. The number of aliphatic carboxylic acids is 1. The molecule has 0 bridgehead atoms. The first-order valence-electron chi connectivity index (χ1n) is 8.26. The van der Waals surface area contributed by atoms with Crippen LogP contribution in [-0.2, 0) is 27.8 Å². The van der Waals surface area contributed by atoms with Gasteiger partial charge in [-0.05, 0) is 12.1 Å². The fourth-order valence-electron chi connectivity index (χ4n) is 2.74. The van der Waals surface area contributed by atoms with Gasteiger partial charge in [0.15, 0.2) is 5.82 Å². The van der Waals surface area contributed by atoms with Crippen molar-refractivity contribution in [3.05, 3.63) is 42.0 Å². The van der Waals surface area contributed by atoms with E-state index in [1.807, 2.05) is 4.90 Å². The van der Waals surface area contributed by atoms with E-state index >= 15 is 0 Å². The first-order valence-corrected chi connectivity index (χ1v) is 9.70. The Bertz CT molecular complexity index is 845. The molecule has 140 valence electrons. The number of hydrogen-bond donors (Lipinski definition) is 1. The highest BCUT2D eigenvalue weighted by Crippen LogP contribution is 2.17. The number of carboxylic acid groups (broad SMARTS) is 1. The van der Waals surface area contributed by atoms with Gasteiger partial charge in [-0.2, -0.15) is 9.29 Å². The topological polar surface area (TPSA) is 117 Å². The average molecular weight is 380 g/mol. The van der Waals surface area contributed by atoms with Gasteiger partial charge in [-0.15, -0.1) is 0 Å². The lowest BCUT2D eigenvalue weighted by Crippen LogP contribution is -2.48. The molecule has 1 fully saturated rings. The molecule has 1 aliphatic rings. The van der Waals surface area contributed by atoms with E-state index in [1.165, 1.54) is 4.31 Å². The molecule has 9 nitrogen and oxygen atoms in total. The lowest BCUT2D eigenvalue weighted by atomic mass is 10.3. The van der Waals surface area contributed by atoms with Crippen LogP contribution in [0.5, 0.6) is 0 Å². The molecule has 0 saturated carbocycles. The third kappa shape index (κ3) is 4.45. The Balaban J connectivity index is 1.53. The van der Waals surface area contributed by atoms with E-state index in [9.17, 15) is 13.2 Å². The van der Waals surface area contributed by atoms with Crippen molar-refractivity contribution in [3.63, 3.8) is 0 Å². The second-order valence-electron chi connectivity index (χ2n) is 5.99. The summed E-state index contributed by atoms with van der Waals surface area (Å²) in [5.74, 6) is -0.141. The molecule has 0 aliphatic carbocycles. The lowest BCUT2D eigenvalue weighted by molar-refractivity contribution is -0.137. The predicted molar refractivity (Wildman–Crippen MR) is 90.7 cm³/mol. The van der Waals surface area contributed by atoms with Crippen LogP contribution in [0.3, 0.4) is 0 Å². The Morgan fingerprint density at radius 1 is 1.15 bits per heavy atom. The summed E-state index contributed by atoms with van der Waals surface area (Å²) in [5.41, 5.74) is 0. The van der Waals surface area contributed by atoms with E-state index < -0.39 is 16.0 Å². The van der Waals surface area contributed by atoms with E-state index in [4.69, 9.17) is 9.63 Å². The second kappa shape index (κ2) is 7.94. The molecule has 1 aromatic carbocycles. The van der Waals surface area contributed by atoms with Crippen molar-refractivity contribution in [3.8, 4) is 0 Å². The van der Waals surface area contributed by atoms with Gasteiger partial charge in [-0.3, -0.25) is 9.69 Å². The van der Waals surface area contributed by atoms with Gasteiger partial charge in [-0.1, -0.05) is 23.4 Å².